The predicted molar refractivity (Wildman–Crippen MR) is 125 cm³/mol. The highest BCUT2D eigenvalue weighted by molar-refractivity contribution is 5.88. The van der Waals surface area contributed by atoms with Crippen molar-refractivity contribution in [3.63, 3.8) is 0 Å². The van der Waals surface area contributed by atoms with E-state index in [1.807, 2.05) is 30.3 Å². The Hall–Kier alpha value is -2.95. The molecule has 0 fully saturated rings. The summed E-state index contributed by atoms with van der Waals surface area (Å²) >= 11 is 0. The van der Waals surface area contributed by atoms with Crippen molar-refractivity contribution in [1.29, 1.82) is 0 Å². The molecule has 5 heteroatoms. The summed E-state index contributed by atoms with van der Waals surface area (Å²) in [5.74, 6) is -0.563. The maximum Gasteiger partial charge on any atom is 0.243 e. The highest BCUT2D eigenvalue weighted by Gasteiger charge is 2.29. The number of amides is 2. The third-order valence-electron chi connectivity index (χ3n) is 5.97. The second-order valence-electron chi connectivity index (χ2n) is 8.36. The highest BCUT2D eigenvalue weighted by Crippen LogP contribution is 2.20. The molecule has 0 radical (unpaired) electrons. The molecule has 0 heterocycles. The van der Waals surface area contributed by atoms with Crippen LogP contribution >= 0.6 is 0 Å². The lowest BCUT2D eigenvalue weighted by atomic mass is 9.97. The van der Waals surface area contributed by atoms with Crippen molar-refractivity contribution in [1.82, 2.24) is 10.2 Å². The van der Waals surface area contributed by atoms with Gasteiger partial charge in [0.15, 0.2) is 0 Å². The molecule has 2 aromatic carbocycles. The quantitative estimate of drug-likeness (QED) is 0.522. The SMILES string of the molecule is CCC(=O)N(Cc1ccc(F)cc1)[C@@H](Cc1ccccc1)C(=O)NCCC1=CCCCC1. The van der Waals surface area contributed by atoms with Gasteiger partial charge in [-0.2, -0.15) is 0 Å². The molecule has 1 aliphatic carbocycles. The fourth-order valence-electron chi connectivity index (χ4n) is 4.14. The van der Waals surface area contributed by atoms with Gasteiger partial charge in [0, 0.05) is 25.9 Å². The topological polar surface area (TPSA) is 49.4 Å². The van der Waals surface area contributed by atoms with Gasteiger partial charge in [-0.3, -0.25) is 9.59 Å². The average Bonchev–Trinajstić information content (AvgIpc) is 2.83. The van der Waals surface area contributed by atoms with Crippen LogP contribution in [-0.4, -0.2) is 29.3 Å². The minimum Gasteiger partial charge on any atom is -0.354 e. The third-order valence-corrected chi connectivity index (χ3v) is 5.97. The van der Waals surface area contributed by atoms with E-state index in [-0.39, 0.29) is 24.2 Å². The van der Waals surface area contributed by atoms with E-state index in [0.717, 1.165) is 30.4 Å². The van der Waals surface area contributed by atoms with Crippen LogP contribution in [0.15, 0.2) is 66.2 Å². The van der Waals surface area contributed by atoms with Gasteiger partial charge >= 0.3 is 0 Å². The van der Waals surface area contributed by atoms with Crippen LogP contribution in [0.5, 0.6) is 0 Å². The maximum absolute atomic E-state index is 13.4. The first kappa shape index (κ1) is 23.7. The zero-order chi connectivity index (χ0) is 22.8. The van der Waals surface area contributed by atoms with E-state index in [9.17, 15) is 14.0 Å². The molecule has 0 spiro atoms. The molecule has 3 rings (SSSR count). The number of carbonyl (C=O) groups is 2. The van der Waals surface area contributed by atoms with Gasteiger partial charge in [-0.25, -0.2) is 4.39 Å². The smallest absolute Gasteiger partial charge is 0.243 e. The van der Waals surface area contributed by atoms with Crippen LogP contribution in [0.1, 0.15) is 56.6 Å². The normalized spacial score (nSPS) is 14.4. The van der Waals surface area contributed by atoms with E-state index in [1.165, 1.54) is 30.5 Å². The molecule has 4 nitrogen and oxygen atoms in total. The molecular weight excluding hydrogens is 403 g/mol. The van der Waals surface area contributed by atoms with Crippen LogP contribution in [0.25, 0.3) is 0 Å². The molecule has 1 atom stereocenters. The summed E-state index contributed by atoms with van der Waals surface area (Å²) in [6.07, 6.45) is 8.56. The summed E-state index contributed by atoms with van der Waals surface area (Å²) in [5.41, 5.74) is 3.20. The lowest BCUT2D eigenvalue weighted by Crippen LogP contribution is -2.50. The zero-order valence-corrected chi connectivity index (χ0v) is 18.9. The third kappa shape index (κ3) is 7.04. The number of allylic oxidation sites excluding steroid dienone is 1. The van der Waals surface area contributed by atoms with Crippen LogP contribution < -0.4 is 5.32 Å². The second kappa shape index (κ2) is 12.2. The number of hydrogen-bond donors (Lipinski definition) is 1. The number of rotatable bonds is 10. The lowest BCUT2D eigenvalue weighted by molar-refractivity contribution is -0.141. The van der Waals surface area contributed by atoms with Gasteiger partial charge in [0.1, 0.15) is 11.9 Å². The molecule has 0 saturated carbocycles. The van der Waals surface area contributed by atoms with Crippen molar-refractivity contribution in [3.8, 4) is 0 Å². The number of carbonyl (C=O) groups excluding carboxylic acids is 2. The number of benzene rings is 2. The highest BCUT2D eigenvalue weighted by atomic mass is 19.1. The van der Waals surface area contributed by atoms with E-state index in [4.69, 9.17) is 0 Å². The van der Waals surface area contributed by atoms with Gasteiger partial charge in [0.2, 0.25) is 11.8 Å². The average molecular weight is 437 g/mol. The summed E-state index contributed by atoms with van der Waals surface area (Å²) in [7, 11) is 0. The Morgan fingerprint density at radius 2 is 1.78 bits per heavy atom. The molecule has 0 bridgehead atoms. The number of nitrogens with zero attached hydrogens (tertiary/aromatic N) is 1. The predicted octanol–water partition coefficient (Wildman–Crippen LogP) is 5.18. The van der Waals surface area contributed by atoms with E-state index >= 15 is 0 Å². The van der Waals surface area contributed by atoms with Crippen molar-refractivity contribution in [2.24, 2.45) is 0 Å². The molecule has 0 saturated heterocycles. The molecule has 0 aliphatic heterocycles. The minimum absolute atomic E-state index is 0.0969. The van der Waals surface area contributed by atoms with Crippen LogP contribution in [-0.2, 0) is 22.6 Å². The van der Waals surface area contributed by atoms with E-state index in [1.54, 1.807) is 24.0 Å². The molecular formula is C27H33FN2O2. The number of hydrogen-bond acceptors (Lipinski definition) is 2. The van der Waals surface area contributed by atoms with Crippen LogP contribution in [0, 0.1) is 5.82 Å². The Bertz CT molecular complexity index is 909. The minimum atomic E-state index is -0.629. The first-order chi connectivity index (χ1) is 15.6. The fourth-order valence-corrected chi connectivity index (χ4v) is 4.14. The van der Waals surface area contributed by atoms with Crippen LogP contribution in [0.4, 0.5) is 4.39 Å². The van der Waals surface area contributed by atoms with Crippen molar-refractivity contribution in [2.75, 3.05) is 6.54 Å². The lowest BCUT2D eigenvalue weighted by Gasteiger charge is -2.31. The summed E-state index contributed by atoms with van der Waals surface area (Å²) in [5, 5.41) is 3.07. The van der Waals surface area contributed by atoms with Crippen molar-refractivity contribution in [3.05, 3.63) is 83.2 Å². The molecule has 0 aromatic heterocycles. The summed E-state index contributed by atoms with van der Waals surface area (Å²) in [4.78, 5) is 27.8. The van der Waals surface area contributed by atoms with Gasteiger partial charge in [-0.05, 0) is 55.4 Å². The summed E-state index contributed by atoms with van der Waals surface area (Å²) in [6.45, 7) is 2.64. The summed E-state index contributed by atoms with van der Waals surface area (Å²) in [6, 6.07) is 15.2. The first-order valence-corrected chi connectivity index (χ1v) is 11.6. The molecule has 1 N–H and O–H groups in total. The van der Waals surface area contributed by atoms with Gasteiger partial charge in [-0.1, -0.05) is 61.0 Å². The van der Waals surface area contributed by atoms with Gasteiger partial charge < -0.3 is 10.2 Å². The van der Waals surface area contributed by atoms with Gasteiger partial charge in [0.05, 0.1) is 0 Å². The first-order valence-electron chi connectivity index (χ1n) is 11.6. The van der Waals surface area contributed by atoms with E-state index in [2.05, 4.69) is 11.4 Å². The maximum atomic E-state index is 13.4. The molecule has 1 aliphatic rings. The Kier molecular flexibility index (Phi) is 9.02. The Balaban J connectivity index is 1.77. The molecule has 0 unspecified atom stereocenters. The van der Waals surface area contributed by atoms with Crippen molar-refractivity contribution in [2.45, 2.75) is 64.5 Å². The van der Waals surface area contributed by atoms with Crippen molar-refractivity contribution < 1.29 is 14.0 Å². The van der Waals surface area contributed by atoms with Crippen LogP contribution in [0.3, 0.4) is 0 Å². The van der Waals surface area contributed by atoms with Gasteiger partial charge in [0.25, 0.3) is 0 Å². The summed E-state index contributed by atoms with van der Waals surface area (Å²) < 4.78 is 13.4. The Morgan fingerprint density at radius 3 is 2.44 bits per heavy atom. The molecule has 170 valence electrons. The Morgan fingerprint density at radius 1 is 1.03 bits per heavy atom. The zero-order valence-electron chi connectivity index (χ0n) is 18.9. The Labute approximate surface area is 190 Å². The fraction of sp³-hybridized carbons (Fsp3) is 0.407. The van der Waals surface area contributed by atoms with E-state index < -0.39 is 6.04 Å². The largest absolute Gasteiger partial charge is 0.354 e. The molecule has 2 amide bonds. The van der Waals surface area contributed by atoms with Crippen molar-refractivity contribution >= 4 is 11.8 Å². The second-order valence-corrected chi connectivity index (χ2v) is 8.36. The molecule has 2 aromatic rings. The van der Waals surface area contributed by atoms with Gasteiger partial charge in [-0.15, -0.1) is 0 Å². The molecule has 32 heavy (non-hydrogen) atoms. The standard InChI is InChI=1S/C27H33FN2O2/c1-2-26(31)30(20-23-13-15-24(28)16-14-23)25(19-22-11-7-4-8-12-22)27(32)29-18-17-21-9-5-3-6-10-21/h4,7-9,11-16,25H,2-3,5-6,10,17-20H2,1H3,(H,29,32)/t25-/m0/s1. The number of halogens is 1. The number of nitrogens with one attached hydrogen (secondary N) is 1. The van der Waals surface area contributed by atoms with Crippen LogP contribution in [0.2, 0.25) is 0 Å². The monoisotopic (exact) mass is 436 g/mol. The van der Waals surface area contributed by atoms with E-state index in [0.29, 0.717) is 19.4 Å².